The molecule has 0 radical (unpaired) electrons. The van der Waals surface area contributed by atoms with Gasteiger partial charge in [-0.25, -0.2) is 12.8 Å². The molecule has 0 saturated carbocycles. The maximum atomic E-state index is 13.0. The topological polar surface area (TPSA) is 54.4 Å². The summed E-state index contributed by atoms with van der Waals surface area (Å²) in [5.41, 5.74) is 0.176. The van der Waals surface area contributed by atoms with Gasteiger partial charge in [0.25, 0.3) is 0 Å². The first kappa shape index (κ1) is 12.5. The van der Waals surface area contributed by atoms with Gasteiger partial charge < -0.3 is 5.11 Å². The molecule has 0 aliphatic rings. The summed E-state index contributed by atoms with van der Waals surface area (Å²) in [5, 5.41) is 9.35. The summed E-state index contributed by atoms with van der Waals surface area (Å²) in [6, 6.07) is 0.913. The molecule has 0 bridgehead atoms. The van der Waals surface area contributed by atoms with Crippen LogP contribution < -0.4 is 0 Å². The Hall–Kier alpha value is -0.520. The van der Waals surface area contributed by atoms with E-state index in [1.165, 1.54) is 6.92 Å². The van der Waals surface area contributed by atoms with E-state index in [0.717, 1.165) is 6.07 Å². The lowest BCUT2D eigenvalue weighted by molar-refractivity contribution is 0.427. The van der Waals surface area contributed by atoms with Crippen molar-refractivity contribution in [2.75, 3.05) is 0 Å². The molecular weight excluding hydrogens is 266 g/mol. The van der Waals surface area contributed by atoms with Crippen molar-refractivity contribution in [2.45, 2.75) is 12.7 Å². The lowest BCUT2D eigenvalue weighted by Crippen LogP contribution is -2.00. The van der Waals surface area contributed by atoms with Crippen molar-refractivity contribution >= 4 is 31.3 Å². The van der Waals surface area contributed by atoms with Gasteiger partial charge in [-0.3, -0.25) is 0 Å². The van der Waals surface area contributed by atoms with Gasteiger partial charge in [0.2, 0.25) is 9.05 Å². The number of aromatic hydroxyl groups is 1. The molecule has 0 heterocycles. The number of rotatable bonds is 2. The van der Waals surface area contributed by atoms with E-state index < -0.39 is 26.4 Å². The molecule has 0 aliphatic heterocycles. The quantitative estimate of drug-likeness (QED) is 0.842. The molecule has 1 aromatic rings. The van der Waals surface area contributed by atoms with E-state index in [-0.39, 0.29) is 10.6 Å². The first-order valence-corrected chi connectivity index (χ1v) is 6.67. The molecule has 0 fully saturated rings. The summed E-state index contributed by atoms with van der Waals surface area (Å²) in [6.07, 6.45) is 0. The van der Waals surface area contributed by atoms with Crippen LogP contribution in [0.1, 0.15) is 11.1 Å². The van der Waals surface area contributed by atoms with Crippen molar-refractivity contribution in [1.82, 2.24) is 0 Å². The normalized spacial score (nSPS) is 11.7. The highest BCUT2D eigenvalue weighted by atomic mass is 35.7. The Bertz CT molecular complexity index is 473. The maximum Gasteiger partial charge on any atom is 0.236 e. The third-order valence-corrected chi connectivity index (χ3v) is 3.25. The molecule has 0 spiro atoms. The van der Waals surface area contributed by atoms with Crippen LogP contribution in [0.3, 0.4) is 0 Å². The van der Waals surface area contributed by atoms with Gasteiger partial charge in [-0.1, -0.05) is 11.6 Å². The smallest absolute Gasteiger partial charge is 0.236 e. The average molecular weight is 273 g/mol. The molecule has 0 atom stereocenters. The largest absolute Gasteiger partial charge is 0.505 e. The minimum absolute atomic E-state index is 0.0422. The summed E-state index contributed by atoms with van der Waals surface area (Å²) in [6.45, 7) is 1.47. The number of benzene rings is 1. The molecule has 0 aliphatic carbocycles. The van der Waals surface area contributed by atoms with Crippen LogP contribution in [0.15, 0.2) is 6.07 Å². The van der Waals surface area contributed by atoms with Crippen molar-refractivity contribution in [2.24, 2.45) is 0 Å². The Kier molecular flexibility index (Phi) is 3.48. The zero-order valence-corrected chi connectivity index (χ0v) is 9.92. The highest BCUT2D eigenvalue weighted by Gasteiger charge is 2.18. The molecule has 0 amide bonds. The Morgan fingerprint density at radius 3 is 2.53 bits per heavy atom. The van der Waals surface area contributed by atoms with E-state index in [4.69, 9.17) is 22.3 Å². The fourth-order valence-corrected chi connectivity index (χ4v) is 2.34. The Morgan fingerprint density at radius 2 is 2.07 bits per heavy atom. The van der Waals surface area contributed by atoms with E-state index in [9.17, 15) is 17.9 Å². The summed E-state index contributed by atoms with van der Waals surface area (Å²) in [5.74, 6) is -2.37. The van der Waals surface area contributed by atoms with Crippen LogP contribution in [-0.2, 0) is 14.8 Å². The van der Waals surface area contributed by atoms with Crippen LogP contribution in [0.25, 0.3) is 0 Å². The van der Waals surface area contributed by atoms with Crippen molar-refractivity contribution in [3.05, 3.63) is 28.0 Å². The predicted molar refractivity (Wildman–Crippen MR) is 56.3 cm³/mol. The van der Waals surface area contributed by atoms with Crippen LogP contribution in [0.4, 0.5) is 4.39 Å². The summed E-state index contributed by atoms with van der Waals surface area (Å²) in [4.78, 5) is 0. The second kappa shape index (κ2) is 4.15. The van der Waals surface area contributed by atoms with Gasteiger partial charge in [-0.05, 0) is 18.6 Å². The van der Waals surface area contributed by atoms with Crippen molar-refractivity contribution in [1.29, 1.82) is 0 Å². The van der Waals surface area contributed by atoms with Crippen LogP contribution in [-0.4, -0.2) is 13.5 Å². The number of halogens is 3. The van der Waals surface area contributed by atoms with Crippen LogP contribution in [0, 0.1) is 12.7 Å². The molecule has 1 rings (SSSR count). The maximum absolute atomic E-state index is 13.0. The van der Waals surface area contributed by atoms with Gasteiger partial charge in [0, 0.05) is 21.3 Å². The first-order chi connectivity index (χ1) is 6.72. The zero-order valence-electron chi connectivity index (χ0n) is 7.59. The number of phenols is 1. The molecule has 0 saturated heterocycles. The fraction of sp³-hybridized carbons (Fsp3) is 0.250. The summed E-state index contributed by atoms with van der Waals surface area (Å²) >= 11 is 5.63. The molecule has 0 aromatic heterocycles. The molecule has 84 valence electrons. The Balaban J connectivity index is 3.40. The first-order valence-electron chi connectivity index (χ1n) is 3.81. The minimum atomic E-state index is -3.87. The molecule has 1 aromatic carbocycles. The number of phenolic OH excluding ortho intramolecular Hbond substituents is 1. The molecule has 15 heavy (non-hydrogen) atoms. The highest BCUT2D eigenvalue weighted by Crippen LogP contribution is 2.32. The zero-order chi connectivity index (χ0) is 11.8. The summed E-state index contributed by atoms with van der Waals surface area (Å²) in [7, 11) is 1.14. The minimum Gasteiger partial charge on any atom is -0.505 e. The van der Waals surface area contributed by atoms with Crippen LogP contribution >= 0.6 is 22.3 Å². The SMILES string of the molecule is Cc1c(Cl)cc(F)c(O)c1CS(=O)(=O)Cl. The third kappa shape index (κ3) is 2.96. The van der Waals surface area contributed by atoms with Gasteiger partial charge in [-0.15, -0.1) is 0 Å². The van der Waals surface area contributed by atoms with Crippen molar-refractivity contribution in [3.8, 4) is 5.75 Å². The number of hydrogen-bond donors (Lipinski definition) is 1. The standard InChI is InChI=1S/C8H7Cl2FO3S/c1-4-5(3-15(10,13)14)8(12)7(11)2-6(4)9/h2,12H,3H2,1H3. The van der Waals surface area contributed by atoms with E-state index in [1.807, 2.05) is 0 Å². The van der Waals surface area contributed by atoms with Crippen LogP contribution in [0.5, 0.6) is 5.75 Å². The van der Waals surface area contributed by atoms with Gasteiger partial charge in [0.1, 0.15) is 0 Å². The second-order valence-electron chi connectivity index (χ2n) is 2.98. The molecule has 7 heteroatoms. The third-order valence-electron chi connectivity index (χ3n) is 1.89. The van der Waals surface area contributed by atoms with Gasteiger partial charge in [0.15, 0.2) is 11.6 Å². The lowest BCUT2D eigenvalue weighted by atomic mass is 10.1. The Labute approximate surface area is 95.9 Å². The van der Waals surface area contributed by atoms with Crippen LogP contribution in [0.2, 0.25) is 5.02 Å². The summed E-state index contributed by atoms with van der Waals surface area (Å²) < 4.78 is 34.7. The number of hydrogen-bond acceptors (Lipinski definition) is 3. The second-order valence-corrected chi connectivity index (χ2v) is 6.16. The molecule has 1 N–H and O–H groups in total. The molecule has 3 nitrogen and oxygen atoms in total. The van der Waals surface area contributed by atoms with E-state index >= 15 is 0 Å². The van der Waals surface area contributed by atoms with Gasteiger partial charge in [-0.2, -0.15) is 0 Å². The van der Waals surface area contributed by atoms with Crippen molar-refractivity contribution < 1.29 is 17.9 Å². The van der Waals surface area contributed by atoms with E-state index in [0.29, 0.717) is 5.56 Å². The van der Waals surface area contributed by atoms with Gasteiger partial charge >= 0.3 is 0 Å². The van der Waals surface area contributed by atoms with E-state index in [1.54, 1.807) is 0 Å². The monoisotopic (exact) mass is 272 g/mol. The lowest BCUT2D eigenvalue weighted by Gasteiger charge is -2.09. The van der Waals surface area contributed by atoms with E-state index in [2.05, 4.69) is 0 Å². The van der Waals surface area contributed by atoms with Gasteiger partial charge in [0.05, 0.1) is 5.75 Å². The molecule has 0 unspecified atom stereocenters. The fourth-order valence-electron chi connectivity index (χ4n) is 1.10. The predicted octanol–water partition coefficient (Wildman–Crippen LogP) is 2.56. The highest BCUT2D eigenvalue weighted by molar-refractivity contribution is 8.13. The molecular formula is C8H7Cl2FO3S. The van der Waals surface area contributed by atoms with Crippen molar-refractivity contribution in [3.63, 3.8) is 0 Å². The average Bonchev–Trinajstić information content (AvgIpc) is 2.08. The Morgan fingerprint density at radius 1 is 1.53 bits per heavy atom.